The summed E-state index contributed by atoms with van der Waals surface area (Å²) in [7, 11) is 0. The average molecular weight is 839 g/mol. The first-order valence-corrected chi connectivity index (χ1v) is 25.3. The summed E-state index contributed by atoms with van der Waals surface area (Å²) in [6, 6.07) is 0. The molecule has 0 aromatic heterocycles. The van der Waals surface area contributed by atoms with E-state index < -0.39 is 6.10 Å². The topological polar surface area (TPSA) is 78.9 Å². The van der Waals surface area contributed by atoms with E-state index in [1.54, 1.807) is 0 Å². The lowest BCUT2D eigenvalue weighted by Crippen LogP contribution is -2.30. The second-order valence-corrected chi connectivity index (χ2v) is 16.7. The molecule has 346 valence electrons. The fourth-order valence-electron chi connectivity index (χ4n) is 6.96. The van der Waals surface area contributed by atoms with Gasteiger partial charge in [0.2, 0.25) is 0 Å². The van der Waals surface area contributed by atoms with E-state index in [0.717, 1.165) is 109 Å². The SMILES string of the molecule is CC/C=C\C/C=C\C/C=C\C/C=C\CCCCCCC(=O)OCC(COC(=O)CCCCCCCCCCC)OC(=O)CCCCCCC/C=C\CCCCCCCCC. The Bertz CT molecular complexity index is 1100. The van der Waals surface area contributed by atoms with Crippen molar-refractivity contribution < 1.29 is 28.6 Å². The Hall–Kier alpha value is -2.89. The molecule has 0 aliphatic carbocycles. The van der Waals surface area contributed by atoms with Crippen LogP contribution in [-0.2, 0) is 28.6 Å². The van der Waals surface area contributed by atoms with Gasteiger partial charge in [-0.1, -0.05) is 204 Å². The molecule has 0 amide bonds. The van der Waals surface area contributed by atoms with Crippen LogP contribution in [0.15, 0.2) is 60.8 Å². The first-order valence-electron chi connectivity index (χ1n) is 25.3. The van der Waals surface area contributed by atoms with Crippen molar-refractivity contribution in [3.63, 3.8) is 0 Å². The van der Waals surface area contributed by atoms with Crippen molar-refractivity contribution in [2.24, 2.45) is 0 Å². The third kappa shape index (κ3) is 46.2. The number of hydrogen-bond acceptors (Lipinski definition) is 6. The van der Waals surface area contributed by atoms with Crippen molar-refractivity contribution in [3.05, 3.63) is 60.8 Å². The summed E-state index contributed by atoms with van der Waals surface area (Å²) in [5, 5.41) is 0. The third-order valence-electron chi connectivity index (χ3n) is 10.8. The van der Waals surface area contributed by atoms with Crippen LogP contribution >= 0.6 is 0 Å². The van der Waals surface area contributed by atoms with Crippen LogP contribution in [0.25, 0.3) is 0 Å². The number of hydrogen-bond donors (Lipinski definition) is 0. The number of unbranched alkanes of at least 4 members (excludes halogenated alkanes) is 24. The van der Waals surface area contributed by atoms with E-state index in [1.807, 2.05) is 0 Å². The van der Waals surface area contributed by atoms with E-state index in [4.69, 9.17) is 14.2 Å². The van der Waals surface area contributed by atoms with Gasteiger partial charge in [0.1, 0.15) is 13.2 Å². The number of carbonyl (C=O) groups is 3. The summed E-state index contributed by atoms with van der Waals surface area (Å²) >= 11 is 0. The molecule has 1 unspecified atom stereocenters. The molecule has 0 saturated heterocycles. The molecule has 0 aromatic carbocycles. The van der Waals surface area contributed by atoms with E-state index >= 15 is 0 Å². The van der Waals surface area contributed by atoms with Crippen molar-refractivity contribution >= 4 is 17.9 Å². The fourth-order valence-corrected chi connectivity index (χ4v) is 6.96. The lowest BCUT2D eigenvalue weighted by molar-refractivity contribution is -0.167. The monoisotopic (exact) mass is 839 g/mol. The van der Waals surface area contributed by atoms with Crippen LogP contribution < -0.4 is 0 Å². The molecule has 0 aromatic rings. The van der Waals surface area contributed by atoms with Gasteiger partial charge in [0.25, 0.3) is 0 Å². The minimum absolute atomic E-state index is 0.0843. The Kier molecular flexibility index (Phi) is 46.4. The average Bonchev–Trinajstić information content (AvgIpc) is 3.24. The van der Waals surface area contributed by atoms with Crippen molar-refractivity contribution in [1.82, 2.24) is 0 Å². The minimum atomic E-state index is -0.785. The molecule has 0 rings (SSSR count). The summed E-state index contributed by atoms with van der Waals surface area (Å²) in [6.07, 6.45) is 59.2. The smallest absolute Gasteiger partial charge is 0.306 e. The Balaban J connectivity index is 4.38. The Morgan fingerprint density at radius 1 is 0.350 bits per heavy atom. The zero-order valence-corrected chi connectivity index (χ0v) is 39.5. The lowest BCUT2D eigenvalue weighted by atomic mass is 10.1. The molecule has 0 bridgehead atoms. The van der Waals surface area contributed by atoms with Gasteiger partial charge >= 0.3 is 17.9 Å². The Labute approximate surface area is 370 Å². The van der Waals surface area contributed by atoms with Gasteiger partial charge in [-0.2, -0.15) is 0 Å². The highest BCUT2D eigenvalue weighted by molar-refractivity contribution is 5.71. The molecule has 6 heteroatoms. The molecule has 1 atom stereocenters. The first-order chi connectivity index (χ1) is 29.5. The van der Waals surface area contributed by atoms with Gasteiger partial charge in [-0.05, 0) is 83.5 Å². The molecule has 0 N–H and O–H groups in total. The zero-order chi connectivity index (χ0) is 43.7. The molecule has 0 saturated carbocycles. The van der Waals surface area contributed by atoms with Crippen molar-refractivity contribution in [2.75, 3.05) is 13.2 Å². The third-order valence-corrected chi connectivity index (χ3v) is 10.8. The lowest BCUT2D eigenvalue weighted by Gasteiger charge is -2.18. The summed E-state index contributed by atoms with van der Waals surface area (Å²) < 4.78 is 16.7. The largest absolute Gasteiger partial charge is 0.462 e. The quantitative estimate of drug-likeness (QED) is 0.0263. The number of carbonyl (C=O) groups excluding carboxylic acids is 3. The van der Waals surface area contributed by atoms with E-state index in [1.165, 1.54) is 96.3 Å². The van der Waals surface area contributed by atoms with Crippen LogP contribution in [0, 0.1) is 0 Å². The normalized spacial score (nSPS) is 12.5. The van der Waals surface area contributed by atoms with E-state index in [9.17, 15) is 14.4 Å². The highest BCUT2D eigenvalue weighted by atomic mass is 16.6. The van der Waals surface area contributed by atoms with Gasteiger partial charge < -0.3 is 14.2 Å². The highest BCUT2D eigenvalue weighted by Crippen LogP contribution is 2.14. The van der Waals surface area contributed by atoms with Crippen molar-refractivity contribution in [3.8, 4) is 0 Å². The second-order valence-electron chi connectivity index (χ2n) is 16.7. The van der Waals surface area contributed by atoms with E-state index in [2.05, 4.69) is 81.5 Å². The van der Waals surface area contributed by atoms with E-state index in [0.29, 0.717) is 19.3 Å². The molecule has 60 heavy (non-hydrogen) atoms. The molecular weight excluding hydrogens is 745 g/mol. The predicted octanol–water partition coefficient (Wildman–Crippen LogP) is 16.5. The molecule has 0 aliphatic heterocycles. The maximum atomic E-state index is 12.8. The number of rotatable bonds is 45. The van der Waals surface area contributed by atoms with Gasteiger partial charge in [0.15, 0.2) is 6.10 Å². The molecule has 0 spiro atoms. The summed E-state index contributed by atoms with van der Waals surface area (Å²) in [5.41, 5.74) is 0. The van der Waals surface area contributed by atoms with E-state index in [-0.39, 0.29) is 31.1 Å². The maximum Gasteiger partial charge on any atom is 0.306 e. The molecule has 0 heterocycles. The Morgan fingerprint density at radius 2 is 0.650 bits per heavy atom. The van der Waals surface area contributed by atoms with Gasteiger partial charge in [0.05, 0.1) is 0 Å². The summed E-state index contributed by atoms with van der Waals surface area (Å²) in [6.45, 7) is 6.48. The molecule has 6 nitrogen and oxygen atoms in total. The minimum Gasteiger partial charge on any atom is -0.462 e. The number of allylic oxidation sites excluding steroid dienone is 10. The molecule has 0 radical (unpaired) electrons. The molecule has 0 aliphatic rings. The number of esters is 3. The van der Waals surface area contributed by atoms with Gasteiger partial charge in [-0.15, -0.1) is 0 Å². The summed E-state index contributed by atoms with van der Waals surface area (Å²) in [4.78, 5) is 37.9. The highest BCUT2D eigenvalue weighted by Gasteiger charge is 2.19. The van der Waals surface area contributed by atoms with Gasteiger partial charge in [-0.25, -0.2) is 0 Å². The summed E-state index contributed by atoms with van der Waals surface area (Å²) in [5.74, 6) is -0.917. The van der Waals surface area contributed by atoms with Crippen LogP contribution in [-0.4, -0.2) is 37.2 Å². The van der Waals surface area contributed by atoms with Crippen molar-refractivity contribution in [1.29, 1.82) is 0 Å². The van der Waals surface area contributed by atoms with Crippen LogP contribution in [0.2, 0.25) is 0 Å². The van der Waals surface area contributed by atoms with Crippen LogP contribution in [0.4, 0.5) is 0 Å². The van der Waals surface area contributed by atoms with Crippen LogP contribution in [0.5, 0.6) is 0 Å². The fraction of sp³-hybridized carbons (Fsp3) is 0.759. The van der Waals surface area contributed by atoms with Crippen LogP contribution in [0.1, 0.15) is 245 Å². The van der Waals surface area contributed by atoms with Crippen molar-refractivity contribution in [2.45, 2.75) is 252 Å². The van der Waals surface area contributed by atoms with Gasteiger partial charge in [0, 0.05) is 19.3 Å². The molecular formula is C54H94O6. The Morgan fingerprint density at radius 3 is 1.03 bits per heavy atom. The standard InChI is InChI=1S/C54H94O6/c1-4-7-10-13-16-19-21-23-25-27-29-30-32-35-38-41-44-47-53(56)59-50-51(49-58-52(55)46-43-40-37-34-18-15-12-9-6-3)60-54(57)48-45-42-39-36-33-31-28-26-24-22-20-17-14-11-8-5-2/h7,10,16,19,23,25-26,28-30,51H,4-6,8-9,11-15,17-18,20-22,24,27,31-50H2,1-3H3/b10-7-,19-16-,25-23-,28-26-,30-29-. The van der Waals surface area contributed by atoms with Gasteiger partial charge in [-0.3, -0.25) is 14.4 Å². The zero-order valence-electron chi connectivity index (χ0n) is 39.5. The number of ether oxygens (including phenoxy) is 3. The van der Waals surface area contributed by atoms with Crippen LogP contribution in [0.3, 0.4) is 0 Å². The molecule has 0 fully saturated rings. The maximum absolute atomic E-state index is 12.8. The second kappa shape index (κ2) is 48.8. The predicted molar refractivity (Wildman–Crippen MR) is 256 cm³/mol. The first kappa shape index (κ1) is 57.1.